The number of anilines is 2. The highest BCUT2D eigenvalue weighted by Gasteiger charge is 2.26. The number of hydrogen-bond donors (Lipinski definition) is 0. The molecule has 9 heteroatoms. The number of aromatic nitrogens is 6. The molecule has 1 fully saturated rings. The molecule has 1 aliphatic heterocycles. The largest absolute Gasteiger partial charge is 0.480 e. The van der Waals surface area contributed by atoms with E-state index in [4.69, 9.17) is 4.74 Å². The van der Waals surface area contributed by atoms with E-state index in [1.807, 2.05) is 37.3 Å². The van der Waals surface area contributed by atoms with Crippen LogP contribution in [0.2, 0.25) is 0 Å². The maximum atomic E-state index is 5.22. The minimum absolute atomic E-state index is 0.304. The molecule has 4 rings (SSSR count). The third kappa shape index (κ3) is 3.00. The van der Waals surface area contributed by atoms with Gasteiger partial charge < -0.3 is 14.5 Å². The summed E-state index contributed by atoms with van der Waals surface area (Å²) in [6.45, 7) is 1.75. The van der Waals surface area contributed by atoms with Gasteiger partial charge in [0.2, 0.25) is 11.8 Å². The molecule has 0 unspecified atom stereocenters. The molecule has 1 aliphatic rings. The number of ether oxygens (including phenoxy) is 1. The molecule has 0 radical (unpaired) electrons. The zero-order valence-electron chi connectivity index (χ0n) is 15.2. The van der Waals surface area contributed by atoms with Crippen molar-refractivity contribution in [2.24, 2.45) is 0 Å². The Bertz CT molecular complexity index is 901. The van der Waals surface area contributed by atoms with Gasteiger partial charge in [-0.15, -0.1) is 15.3 Å². The Morgan fingerprint density at radius 3 is 2.65 bits per heavy atom. The summed E-state index contributed by atoms with van der Waals surface area (Å²) >= 11 is 0. The molecule has 26 heavy (non-hydrogen) atoms. The summed E-state index contributed by atoms with van der Waals surface area (Å²) in [5.41, 5.74) is 0.741. The van der Waals surface area contributed by atoms with E-state index in [9.17, 15) is 0 Å². The second-order valence-electron chi connectivity index (χ2n) is 6.57. The number of fused-ring (bicyclic) bond motifs is 1. The predicted molar refractivity (Wildman–Crippen MR) is 97.9 cm³/mol. The van der Waals surface area contributed by atoms with E-state index < -0.39 is 0 Å². The monoisotopic (exact) mass is 354 g/mol. The molecule has 0 amide bonds. The van der Waals surface area contributed by atoms with Crippen LogP contribution >= 0.6 is 0 Å². The van der Waals surface area contributed by atoms with E-state index in [0.717, 1.165) is 49.2 Å². The number of piperidine rings is 1. The van der Waals surface area contributed by atoms with Gasteiger partial charge in [-0.25, -0.2) is 4.98 Å². The summed E-state index contributed by atoms with van der Waals surface area (Å²) in [7, 11) is 5.57. The van der Waals surface area contributed by atoms with Gasteiger partial charge in [-0.05, 0) is 25.0 Å². The number of methoxy groups -OCH3 is 1. The molecule has 3 aromatic rings. The van der Waals surface area contributed by atoms with Gasteiger partial charge in [-0.1, -0.05) is 0 Å². The van der Waals surface area contributed by atoms with Crippen LogP contribution < -0.4 is 14.5 Å². The molecule has 0 atom stereocenters. The third-order valence-electron chi connectivity index (χ3n) is 4.70. The molecule has 1 saturated heterocycles. The Morgan fingerprint density at radius 1 is 1.12 bits per heavy atom. The zero-order chi connectivity index (χ0) is 18.1. The molecule has 9 nitrogen and oxygen atoms in total. The van der Waals surface area contributed by atoms with E-state index in [1.54, 1.807) is 17.7 Å². The molecule has 0 bridgehead atoms. The van der Waals surface area contributed by atoms with Gasteiger partial charge >= 0.3 is 0 Å². The van der Waals surface area contributed by atoms with Crippen LogP contribution in [0.25, 0.3) is 5.65 Å². The van der Waals surface area contributed by atoms with E-state index in [-0.39, 0.29) is 0 Å². The molecular weight excluding hydrogens is 332 g/mol. The summed E-state index contributed by atoms with van der Waals surface area (Å²) in [6, 6.07) is 5.58. The lowest BCUT2D eigenvalue weighted by Gasteiger charge is -2.31. The fourth-order valence-electron chi connectivity index (χ4n) is 3.23. The predicted octanol–water partition coefficient (Wildman–Crippen LogP) is 1.37. The van der Waals surface area contributed by atoms with Crippen molar-refractivity contribution in [1.29, 1.82) is 0 Å². The van der Waals surface area contributed by atoms with Gasteiger partial charge in [-0.2, -0.15) is 9.50 Å². The Morgan fingerprint density at radius 2 is 1.92 bits per heavy atom. The quantitative estimate of drug-likeness (QED) is 0.695. The lowest BCUT2D eigenvalue weighted by Crippen LogP contribution is -2.35. The number of rotatable bonds is 4. The summed E-state index contributed by atoms with van der Waals surface area (Å²) in [5, 5.41) is 13.1. The number of hydrogen-bond acceptors (Lipinski definition) is 8. The number of nitrogens with zero attached hydrogens (tertiary/aromatic N) is 8. The van der Waals surface area contributed by atoms with Crippen molar-refractivity contribution >= 4 is 17.4 Å². The highest BCUT2D eigenvalue weighted by atomic mass is 16.5. The van der Waals surface area contributed by atoms with Gasteiger partial charge in [0.25, 0.3) is 0 Å². The lowest BCUT2D eigenvalue weighted by molar-refractivity contribution is 0.386. The van der Waals surface area contributed by atoms with Gasteiger partial charge in [-0.3, -0.25) is 0 Å². The van der Waals surface area contributed by atoms with Gasteiger partial charge in [0, 0.05) is 45.4 Å². The smallest absolute Gasteiger partial charge is 0.231 e. The van der Waals surface area contributed by atoms with Crippen molar-refractivity contribution in [2.45, 2.75) is 18.8 Å². The Balaban J connectivity index is 1.51. The molecule has 0 saturated carbocycles. The lowest BCUT2D eigenvalue weighted by atomic mass is 9.96. The first kappa shape index (κ1) is 16.5. The highest BCUT2D eigenvalue weighted by Crippen LogP contribution is 2.29. The van der Waals surface area contributed by atoms with Crippen LogP contribution in [-0.2, 0) is 0 Å². The van der Waals surface area contributed by atoms with Crippen LogP contribution in [0, 0.1) is 0 Å². The SMILES string of the molecule is COc1ccc2nnc(C3CCN(c4nccc(N(C)C)n4)CC3)n2n1. The van der Waals surface area contributed by atoms with Crippen molar-refractivity contribution in [3.63, 3.8) is 0 Å². The highest BCUT2D eigenvalue weighted by molar-refractivity contribution is 5.43. The van der Waals surface area contributed by atoms with E-state index in [0.29, 0.717) is 11.8 Å². The van der Waals surface area contributed by atoms with E-state index >= 15 is 0 Å². The van der Waals surface area contributed by atoms with Crippen molar-refractivity contribution in [3.05, 3.63) is 30.2 Å². The van der Waals surface area contributed by atoms with Gasteiger partial charge in [0.1, 0.15) is 5.82 Å². The van der Waals surface area contributed by atoms with Gasteiger partial charge in [0.05, 0.1) is 7.11 Å². The van der Waals surface area contributed by atoms with Crippen molar-refractivity contribution in [2.75, 3.05) is 44.1 Å². The van der Waals surface area contributed by atoms with Crippen LogP contribution in [0.1, 0.15) is 24.6 Å². The maximum absolute atomic E-state index is 5.22. The van der Waals surface area contributed by atoms with Crippen LogP contribution in [0.5, 0.6) is 5.88 Å². The molecule has 0 spiro atoms. The summed E-state index contributed by atoms with van der Waals surface area (Å²) in [5.74, 6) is 3.45. The first-order valence-corrected chi connectivity index (χ1v) is 8.67. The maximum Gasteiger partial charge on any atom is 0.231 e. The Hall–Kier alpha value is -2.97. The summed E-state index contributed by atoms with van der Waals surface area (Å²) < 4.78 is 7.02. The minimum atomic E-state index is 0.304. The molecule has 0 N–H and O–H groups in total. The van der Waals surface area contributed by atoms with Crippen molar-refractivity contribution in [3.8, 4) is 5.88 Å². The Labute approximate surface area is 151 Å². The molecule has 0 aromatic carbocycles. The Kier molecular flexibility index (Phi) is 4.27. The van der Waals surface area contributed by atoms with E-state index in [1.165, 1.54) is 0 Å². The zero-order valence-corrected chi connectivity index (χ0v) is 15.2. The first-order chi connectivity index (χ1) is 12.7. The first-order valence-electron chi connectivity index (χ1n) is 8.67. The second-order valence-corrected chi connectivity index (χ2v) is 6.57. The van der Waals surface area contributed by atoms with Crippen molar-refractivity contribution in [1.82, 2.24) is 29.8 Å². The topological polar surface area (TPSA) is 84.6 Å². The average molecular weight is 354 g/mol. The van der Waals surface area contributed by atoms with Crippen LogP contribution in [0.4, 0.5) is 11.8 Å². The normalized spacial score (nSPS) is 15.4. The fraction of sp³-hybridized carbons (Fsp3) is 0.471. The summed E-state index contributed by atoms with van der Waals surface area (Å²) in [6.07, 6.45) is 3.72. The molecular formula is C17H22N8O. The van der Waals surface area contributed by atoms with Gasteiger partial charge in [0.15, 0.2) is 11.5 Å². The van der Waals surface area contributed by atoms with E-state index in [2.05, 4.69) is 30.2 Å². The fourth-order valence-corrected chi connectivity index (χ4v) is 3.23. The minimum Gasteiger partial charge on any atom is -0.480 e. The summed E-state index contributed by atoms with van der Waals surface area (Å²) in [4.78, 5) is 13.3. The second kappa shape index (κ2) is 6.74. The van der Waals surface area contributed by atoms with Crippen LogP contribution in [-0.4, -0.2) is 64.1 Å². The van der Waals surface area contributed by atoms with Crippen LogP contribution in [0.15, 0.2) is 24.4 Å². The molecule has 4 heterocycles. The average Bonchev–Trinajstić information content (AvgIpc) is 3.11. The molecule has 0 aliphatic carbocycles. The standard InChI is InChI=1S/C17H22N8O/c1-23(2)13-6-9-18-17(19-13)24-10-7-12(8-11-24)16-21-20-14-4-5-15(26-3)22-25(14)16/h4-6,9,12H,7-8,10-11H2,1-3H3. The van der Waals surface area contributed by atoms with Crippen LogP contribution in [0.3, 0.4) is 0 Å². The molecule has 136 valence electrons. The molecule has 3 aromatic heterocycles. The van der Waals surface area contributed by atoms with Crippen molar-refractivity contribution < 1.29 is 4.74 Å². The third-order valence-corrected chi connectivity index (χ3v) is 4.70.